The van der Waals surface area contributed by atoms with Crippen LogP contribution in [0, 0.1) is 6.92 Å². The summed E-state index contributed by atoms with van der Waals surface area (Å²) in [6, 6.07) is 4.73. The maximum absolute atomic E-state index is 12.7. The number of furan rings is 1. The molecule has 0 radical (unpaired) electrons. The van der Waals surface area contributed by atoms with Gasteiger partial charge < -0.3 is 14.8 Å². The van der Waals surface area contributed by atoms with Gasteiger partial charge in [-0.3, -0.25) is 0 Å². The number of aromatic hydroxyl groups is 1. The normalized spacial score (nSPS) is 11.6. The molecule has 0 aliphatic heterocycles. The Morgan fingerprint density at radius 3 is 2.53 bits per heavy atom. The van der Waals surface area contributed by atoms with E-state index in [4.69, 9.17) is 4.42 Å². The Balaban J connectivity index is 2.60. The third-order valence-electron chi connectivity index (χ3n) is 2.76. The number of halogens is 3. The van der Waals surface area contributed by atoms with Crippen molar-refractivity contribution in [2.75, 3.05) is 12.4 Å². The number of anilines is 1. The summed E-state index contributed by atoms with van der Waals surface area (Å²) in [5.41, 5.74) is -0.301. The number of alkyl halides is 3. The van der Waals surface area contributed by atoms with Crippen molar-refractivity contribution in [2.24, 2.45) is 0 Å². The Hall–Kier alpha value is -2.11. The molecule has 19 heavy (non-hydrogen) atoms. The number of aryl methyl sites for hydroxylation is 1. The van der Waals surface area contributed by atoms with Crippen LogP contribution in [0.5, 0.6) is 5.75 Å². The van der Waals surface area contributed by atoms with Gasteiger partial charge in [0, 0.05) is 7.05 Å². The molecule has 1 aromatic carbocycles. The highest BCUT2D eigenvalue weighted by atomic mass is 19.4. The van der Waals surface area contributed by atoms with Crippen molar-refractivity contribution in [1.29, 1.82) is 0 Å². The zero-order valence-corrected chi connectivity index (χ0v) is 10.3. The van der Waals surface area contributed by atoms with Crippen molar-refractivity contribution >= 4 is 5.88 Å². The fraction of sp³-hybridized carbons (Fsp3) is 0.231. The molecule has 0 unspecified atom stereocenters. The predicted molar refractivity (Wildman–Crippen MR) is 65.1 cm³/mol. The average molecular weight is 271 g/mol. The minimum atomic E-state index is -4.43. The molecule has 0 aliphatic carbocycles. The van der Waals surface area contributed by atoms with E-state index in [1.165, 1.54) is 19.1 Å². The van der Waals surface area contributed by atoms with Gasteiger partial charge in [0.1, 0.15) is 5.76 Å². The van der Waals surface area contributed by atoms with Gasteiger partial charge in [-0.05, 0) is 24.6 Å². The van der Waals surface area contributed by atoms with Crippen LogP contribution in [0.3, 0.4) is 0 Å². The van der Waals surface area contributed by atoms with Crippen LogP contribution in [0.4, 0.5) is 19.1 Å². The molecule has 2 N–H and O–H groups in total. The van der Waals surface area contributed by atoms with Crippen LogP contribution in [0.1, 0.15) is 11.3 Å². The first-order chi connectivity index (χ1) is 8.84. The second-order valence-corrected chi connectivity index (χ2v) is 4.04. The number of rotatable bonds is 2. The molecule has 0 aliphatic rings. The monoisotopic (exact) mass is 271 g/mol. The molecule has 6 heteroatoms. The Morgan fingerprint density at radius 1 is 1.26 bits per heavy atom. The quantitative estimate of drug-likeness (QED) is 0.867. The second-order valence-electron chi connectivity index (χ2n) is 4.04. The van der Waals surface area contributed by atoms with Gasteiger partial charge in [-0.15, -0.1) is 0 Å². The SMILES string of the molecule is CNc1oc(C)c(O)c1-c1cccc(C(F)(F)F)c1. The molecular formula is C13H12F3NO2. The highest BCUT2D eigenvalue weighted by Crippen LogP contribution is 2.42. The highest BCUT2D eigenvalue weighted by molar-refractivity contribution is 5.81. The summed E-state index contributed by atoms with van der Waals surface area (Å²) in [5, 5.41) is 12.6. The topological polar surface area (TPSA) is 45.4 Å². The molecule has 1 aromatic heterocycles. The van der Waals surface area contributed by atoms with Crippen LogP contribution in [0.15, 0.2) is 28.7 Å². The Labute approximate surface area is 107 Å². The largest absolute Gasteiger partial charge is 0.504 e. The minimum Gasteiger partial charge on any atom is -0.504 e. The van der Waals surface area contributed by atoms with Crippen LogP contribution in [0.2, 0.25) is 0 Å². The van der Waals surface area contributed by atoms with Crippen LogP contribution in [-0.4, -0.2) is 12.2 Å². The van der Waals surface area contributed by atoms with Gasteiger partial charge in [0.2, 0.25) is 5.88 Å². The van der Waals surface area contributed by atoms with Crippen molar-refractivity contribution in [3.05, 3.63) is 35.6 Å². The first-order valence-corrected chi connectivity index (χ1v) is 5.52. The summed E-state index contributed by atoms with van der Waals surface area (Å²) >= 11 is 0. The van der Waals surface area contributed by atoms with E-state index in [1.807, 2.05) is 0 Å². The second kappa shape index (κ2) is 4.53. The van der Waals surface area contributed by atoms with Gasteiger partial charge in [-0.2, -0.15) is 13.2 Å². The molecule has 2 aromatic rings. The molecule has 0 saturated heterocycles. The van der Waals surface area contributed by atoms with Gasteiger partial charge >= 0.3 is 6.18 Å². The number of benzene rings is 1. The van der Waals surface area contributed by atoms with E-state index in [9.17, 15) is 18.3 Å². The van der Waals surface area contributed by atoms with E-state index in [-0.39, 0.29) is 28.5 Å². The smallest absolute Gasteiger partial charge is 0.416 e. The summed E-state index contributed by atoms with van der Waals surface area (Å²) < 4.78 is 43.2. The molecule has 2 rings (SSSR count). The molecule has 0 saturated carbocycles. The summed E-state index contributed by atoms with van der Waals surface area (Å²) in [5.74, 6) is 0.315. The van der Waals surface area contributed by atoms with Crippen molar-refractivity contribution in [2.45, 2.75) is 13.1 Å². The Kier molecular flexibility index (Phi) is 3.18. The summed E-state index contributed by atoms with van der Waals surface area (Å²) in [6.45, 7) is 1.54. The van der Waals surface area contributed by atoms with Crippen molar-refractivity contribution < 1.29 is 22.7 Å². The van der Waals surface area contributed by atoms with E-state index in [2.05, 4.69) is 5.32 Å². The van der Waals surface area contributed by atoms with Gasteiger partial charge in [-0.25, -0.2) is 0 Å². The fourth-order valence-corrected chi connectivity index (χ4v) is 1.83. The minimum absolute atomic E-state index is 0.163. The third kappa shape index (κ3) is 2.38. The van der Waals surface area contributed by atoms with Gasteiger partial charge in [0.25, 0.3) is 0 Å². The highest BCUT2D eigenvalue weighted by Gasteiger charge is 2.31. The van der Waals surface area contributed by atoms with Crippen LogP contribution in [-0.2, 0) is 6.18 Å². The predicted octanol–water partition coefficient (Wildman–Crippen LogP) is 4.02. The first-order valence-electron chi connectivity index (χ1n) is 5.52. The van der Waals surface area contributed by atoms with Crippen molar-refractivity contribution in [1.82, 2.24) is 0 Å². The van der Waals surface area contributed by atoms with E-state index in [1.54, 1.807) is 7.05 Å². The molecule has 0 atom stereocenters. The first kappa shape index (κ1) is 13.3. The maximum Gasteiger partial charge on any atom is 0.416 e. The van der Waals surface area contributed by atoms with Crippen molar-refractivity contribution in [3.8, 4) is 16.9 Å². The zero-order chi connectivity index (χ0) is 14.2. The Morgan fingerprint density at radius 2 is 1.95 bits per heavy atom. The van der Waals surface area contributed by atoms with E-state index in [0.717, 1.165) is 12.1 Å². The van der Waals surface area contributed by atoms with Gasteiger partial charge in [0.05, 0.1) is 11.1 Å². The molecule has 0 amide bonds. The van der Waals surface area contributed by atoms with E-state index >= 15 is 0 Å². The third-order valence-corrected chi connectivity index (χ3v) is 2.76. The van der Waals surface area contributed by atoms with Crippen LogP contribution in [0.25, 0.3) is 11.1 Å². The molecule has 0 fully saturated rings. The van der Waals surface area contributed by atoms with E-state index in [0.29, 0.717) is 0 Å². The van der Waals surface area contributed by atoms with Gasteiger partial charge in [-0.1, -0.05) is 12.1 Å². The van der Waals surface area contributed by atoms with Crippen molar-refractivity contribution in [3.63, 3.8) is 0 Å². The number of hydrogen-bond donors (Lipinski definition) is 2. The zero-order valence-electron chi connectivity index (χ0n) is 10.3. The number of nitrogens with one attached hydrogen (secondary N) is 1. The molecule has 1 heterocycles. The standard InChI is InChI=1S/C13H12F3NO2/c1-7-11(18)10(12(17-2)19-7)8-4-3-5-9(6-8)13(14,15)16/h3-6,17-18H,1-2H3. The molecule has 3 nitrogen and oxygen atoms in total. The summed E-state index contributed by atoms with van der Waals surface area (Å²) in [7, 11) is 1.56. The summed E-state index contributed by atoms with van der Waals surface area (Å²) in [4.78, 5) is 0. The number of hydrogen-bond acceptors (Lipinski definition) is 3. The molecular weight excluding hydrogens is 259 g/mol. The van der Waals surface area contributed by atoms with E-state index < -0.39 is 11.7 Å². The van der Waals surface area contributed by atoms with Gasteiger partial charge in [0.15, 0.2) is 5.75 Å². The Bertz CT molecular complexity index is 602. The average Bonchev–Trinajstić information content (AvgIpc) is 2.64. The summed E-state index contributed by atoms with van der Waals surface area (Å²) in [6.07, 6.45) is -4.43. The lowest BCUT2D eigenvalue weighted by Crippen LogP contribution is -2.04. The van der Waals surface area contributed by atoms with Crippen LogP contribution >= 0.6 is 0 Å². The van der Waals surface area contributed by atoms with Crippen LogP contribution < -0.4 is 5.32 Å². The molecule has 102 valence electrons. The fourth-order valence-electron chi connectivity index (χ4n) is 1.83. The molecule has 0 bridgehead atoms. The lowest BCUT2D eigenvalue weighted by atomic mass is 10.0. The molecule has 0 spiro atoms. The lowest BCUT2D eigenvalue weighted by Gasteiger charge is -2.09. The maximum atomic E-state index is 12.7. The lowest BCUT2D eigenvalue weighted by molar-refractivity contribution is -0.137.